The molecule has 0 heterocycles. The van der Waals surface area contributed by atoms with Crippen LogP contribution in [0, 0.1) is 11.8 Å². The summed E-state index contributed by atoms with van der Waals surface area (Å²) < 4.78 is 7.44. The normalized spacial score (nSPS) is 26.1. The Bertz CT molecular complexity index is 461. The number of ether oxygens (including phenoxy) is 1. The average molecular weight is 354 g/mol. The molecule has 0 saturated heterocycles. The summed E-state index contributed by atoms with van der Waals surface area (Å²) in [5.74, 6) is 2.63. The molecule has 0 bridgehead atoms. The number of hydrogen-bond acceptors (Lipinski definition) is 2. The fourth-order valence-corrected chi connectivity index (χ4v) is 3.31. The summed E-state index contributed by atoms with van der Waals surface area (Å²) in [6.07, 6.45) is 4.00. The minimum atomic E-state index is 0.371. The minimum absolute atomic E-state index is 0.371. The molecule has 1 aliphatic carbocycles. The number of benzene rings is 1. The second-order valence-corrected chi connectivity index (χ2v) is 7.71. The first kappa shape index (κ1) is 16.8. The van der Waals surface area contributed by atoms with Crippen molar-refractivity contribution >= 4 is 15.9 Å². The number of halogens is 1. The van der Waals surface area contributed by atoms with Crippen LogP contribution in [0.3, 0.4) is 0 Å². The Kier molecular flexibility index (Phi) is 6.12. The molecule has 0 amide bonds. The van der Waals surface area contributed by atoms with Gasteiger partial charge in [0.15, 0.2) is 0 Å². The van der Waals surface area contributed by atoms with Crippen LogP contribution in [0.15, 0.2) is 22.7 Å². The van der Waals surface area contributed by atoms with Crippen LogP contribution in [0.5, 0.6) is 5.75 Å². The summed E-state index contributed by atoms with van der Waals surface area (Å²) in [6, 6.07) is 6.82. The van der Waals surface area contributed by atoms with Crippen molar-refractivity contribution in [2.45, 2.75) is 65.6 Å². The smallest absolute Gasteiger partial charge is 0.124 e. The topological polar surface area (TPSA) is 21.3 Å². The van der Waals surface area contributed by atoms with Crippen molar-refractivity contribution in [3.63, 3.8) is 0 Å². The van der Waals surface area contributed by atoms with Crippen LogP contribution in [0.25, 0.3) is 0 Å². The summed E-state index contributed by atoms with van der Waals surface area (Å²) in [6.45, 7) is 9.90. The van der Waals surface area contributed by atoms with Crippen LogP contribution in [0.4, 0.5) is 0 Å². The number of hydrogen-bond donors (Lipinski definition) is 1. The van der Waals surface area contributed by atoms with Crippen LogP contribution < -0.4 is 10.1 Å². The van der Waals surface area contributed by atoms with Crippen LogP contribution >= 0.6 is 15.9 Å². The van der Waals surface area contributed by atoms with E-state index >= 15 is 0 Å². The Morgan fingerprint density at radius 1 is 1.24 bits per heavy atom. The van der Waals surface area contributed by atoms with Gasteiger partial charge in [0, 0.05) is 22.6 Å². The maximum absolute atomic E-state index is 6.33. The molecule has 0 aliphatic heterocycles. The Morgan fingerprint density at radius 3 is 2.67 bits per heavy atom. The maximum Gasteiger partial charge on any atom is 0.124 e. The van der Waals surface area contributed by atoms with Crippen molar-refractivity contribution in [2.24, 2.45) is 11.8 Å². The summed E-state index contributed by atoms with van der Waals surface area (Å²) in [7, 11) is 0. The third-order valence-corrected chi connectivity index (χ3v) is 5.06. The molecule has 1 aromatic carbocycles. The van der Waals surface area contributed by atoms with Gasteiger partial charge in [0.2, 0.25) is 0 Å². The first-order chi connectivity index (χ1) is 9.95. The summed E-state index contributed by atoms with van der Waals surface area (Å²) in [5.41, 5.74) is 1.24. The lowest BCUT2D eigenvalue weighted by Gasteiger charge is -2.32. The van der Waals surface area contributed by atoms with Gasteiger partial charge in [-0.15, -0.1) is 0 Å². The Balaban J connectivity index is 2.04. The third kappa shape index (κ3) is 5.00. The molecule has 1 saturated carbocycles. The van der Waals surface area contributed by atoms with Gasteiger partial charge in [-0.3, -0.25) is 0 Å². The van der Waals surface area contributed by atoms with Gasteiger partial charge in [-0.25, -0.2) is 0 Å². The van der Waals surface area contributed by atoms with Crippen molar-refractivity contribution in [3.05, 3.63) is 28.2 Å². The molecule has 2 nitrogen and oxygen atoms in total. The van der Waals surface area contributed by atoms with Gasteiger partial charge in [0.25, 0.3) is 0 Å². The average Bonchev–Trinajstić information content (AvgIpc) is 2.43. The molecule has 21 heavy (non-hydrogen) atoms. The molecule has 118 valence electrons. The van der Waals surface area contributed by atoms with E-state index in [1.807, 2.05) is 0 Å². The highest BCUT2D eigenvalue weighted by Crippen LogP contribution is 2.33. The fraction of sp³-hybridized carbons (Fsp3) is 0.667. The van der Waals surface area contributed by atoms with Gasteiger partial charge in [-0.1, -0.05) is 43.6 Å². The zero-order valence-corrected chi connectivity index (χ0v) is 15.2. The number of rotatable bonds is 5. The van der Waals surface area contributed by atoms with Crippen molar-refractivity contribution < 1.29 is 4.74 Å². The van der Waals surface area contributed by atoms with E-state index in [0.29, 0.717) is 12.1 Å². The number of nitrogens with one attached hydrogen (secondary N) is 1. The Hall–Kier alpha value is -0.540. The first-order valence-corrected chi connectivity index (χ1v) is 8.93. The van der Waals surface area contributed by atoms with E-state index in [1.165, 1.54) is 24.8 Å². The van der Waals surface area contributed by atoms with Gasteiger partial charge in [-0.05, 0) is 49.3 Å². The van der Waals surface area contributed by atoms with Crippen LogP contribution in [0.1, 0.15) is 52.5 Å². The second-order valence-electron chi connectivity index (χ2n) is 6.80. The molecule has 3 unspecified atom stereocenters. The standard InChI is InChI=1S/C18H28BrNO/c1-12(2)20-11-15-10-16(19)6-8-18(15)21-17-7-5-13(3)14(4)9-17/h6,8,10,12-14,17,20H,5,7,9,11H2,1-4H3. The first-order valence-electron chi connectivity index (χ1n) is 8.14. The highest BCUT2D eigenvalue weighted by molar-refractivity contribution is 9.10. The lowest BCUT2D eigenvalue weighted by Crippen LogP contribution is -2.29. The molecule has 3 atom stereocenters. The van der Waals surface area contributed by atoms with Crippen molar-refractivity contribution in [3.8, 4) is 5.75 Å². The molecule has 0 spiro atoms. The molecule has 2 rings (SSSR count). The largest absolute Gasteiger partial charge is 0.490 e. The van der Waals surface area contributed by atoms with E-state index < -0.39 is 0 Å². The zero-order chi connectivity index (χ0) is 15.4. The molecule has 1 aromatic rings. The summed E-state index contributed by atoms with van der Waals surface area (Å²) >= 11 is 3.56. The Labute approximate surface area is 137 Å². The highest BCUT2D eigenvalue weighted by Gasteiger charge is 2.26. The van der Waals surface area contributed by atoms with Gasteiger partial charge in [-0.2, -0.15) is 0 Å². The van der Waals surface area contributed by atoms with E-state index in [0.717, 1.165) is 28.6 Å². The molecular formula is C18H28BrNO. The van der Waals surface area contributed by atoms with Crippen LogP contribution in [-0.4, -0.2) is 12.1 Å². The molecule has 0 radical (unpaired) electrons. The predicted octanol–water partition coefficient (Wildman–Crippen LogP) is 5.15. The van der Waals surface area contributed by atoms with Crippen molar-refractivity contribution in [1.29, 1.82) is 0 Å². The minimum Gasteiger partial charge on any atom is -0.490 e. The lowest BCUT2D eigenvalue weighted by molar-refractivity contribution is 0.0995. The zero-order valence-electron chi connectivity index (χ0n) is 13.7. The molecule has 3 heteroatoms. The van der Waals surface area contributed by atoms with E-state index in [-0.39, 0.29) is 0 Å². The van der Waals surface area contributed by atoms with E-state index in [2.05, 4.69) is 67.1 Å². The van der Waals surface area contributed by atoms with E-state index in [1.54, 1.807) is 0 Å². The van der Waals surface area contributed by atoms with Crippen LogP contribution in [0.2, 0.25) is 0 Å². The van der Waals surface area contributed by atoms with Crippen molar-refractivity contribution in [2.75, 3.05) is 0 Å². The lowest BCUT2D eigenvalue weighted by atomic mass is 9.80. The molecule has 1 fully saturated rings. The third-order valence-electron chi connectivity index (χ3n) is 4.57. The maximum atomic E-state index is 6.33. The molecule has 0 aromatic heterocycles. The highest BCUT2D eigenvalue weighted by atomic mass is 79.9. The summed E-state index contributed by atoms with van der Waals surface area (Å²) in [5, 5.41) is 3.48. The van der Waals surface area contributed by atoms with Gasteiger partial charge >= 0.3 is 0 Å². The van der Waals surface area contributed by atoms with E-state index in [9.17, 15) is 0 Å². The second kappa shape index (κ2) is 7.64. The molecule has 1 aliphatic rings. The van der Waals surface area contributed by atoms with Gasteiger partial charge < -0.3 is 10.1 Å². The quantitative estimate of drug-likeness (QED) is 0.789. The van der Waals surface area contributed by atoms with E-state index in [4.69, 9.17) is 4.74 Å². The SMILES string of the molecule is CC(C)NCc1cc(Br)ccc1OC1CCC(C)C(C)C1. The monoisotopic (exact) mass is 353 g/mol. The molecular weight excluding hydrogens is 326 g/mol. The summed E-state index contributed by atoms with van der Waals surface area (Å²) in [4.78, 5) is 0. The molecule has 1 N–H and O–H groups in total. The van der Waals surface area contributed by atoms with Gasteiger partial charge in [0.1, 0.15) is 5.75 Å². The van der Waals surface area contributed by atoms with Crippen LogP contribution in [-0.2, 0) is 6.54 Å². The predicted molar refractivity (Wildman–Crippen MR) is 92.7 cm³/mol. The van der Waals surface area contributed by atoms with Crippen molar-refractivity contribution in [1.82, 2.24) is 5.32 Å². The fourth-order valence-electron chi connectivity index (χ4n) is 2.90. The van der Waals surface area contributed by atoms with Gasteiger partial charge in [0.05, 0.1) is 6.10 Å². The Morgan fingerprint density at radius 2 is 2.00 bits per heavy atom.